The summed E-state index contributed by atoms with van der Waals surface area (Å²) < 4.78 is 0. The Morgan fingerprint density at radius 1 is 1.83 bits per heavy atom. The quantitative estimate of drug-likeness (QED) is 0.443. The SMILES string of the molecule is C#C[C@@H](C)N.Cl. The Bertz CT molecular complexity index is 53.1. The smallest absolute Gasteiger partial charge is 0.0633 e. The summed E-state index contributed by atoms with van der Waals surface area (Å²) in [6.07, 6.45) is 4.80. The van der Waals surface area contributed by atoms with Gasteiger partial charge in [0, 0.05) is 0 Å². The first-order valence-electron chi connectivity index (χ1n) is 1.49. The largest absolute Gasteiger partial charge is 0.318 e. The number of hydrogen-bond donors (Lipinski definition) is 1. The zero-order valence-corrected chi connectivity index (χ0v) is 4.46. The summed E-state index contributed by atoms with van der Waals surface area (Å²) in [6.45, 7) is 1.76. The van der Waals surface area contributed by atoms with E-state index in [4.69, 9.17) is 12.2 Å². The first-order valence-corrected chi connectivity index (χ1v) is 1.49. The molecule has 0 spiro atoms. The molecular formula is C4H8ClN. The molecule has 0 saturated heterocycles. The molecule has 0 aliphatic rings. The van der Waals surface area contributed by atoms with Crippen molar-refractivity contribution in [3.05, 3.63) is 0 Å². The lowest BCUT2D eigenvalue weighted by atomic mass is 10.4. The zero-order valence-electron chi connectivity index (χ0n) is 3.64. The van der Waals surface area contributed by atoms with Crippen LogP contribution in [0.3, 0.4) is 0 Å². The minimum Gasteiger partial charge on any atom is -0.318 e. The molecule has 0 radical (unpaired) electrons. The van der Waals surface area contributed by atoms with Gasteiger partial charge < -0.3 is 5.73 Å². The molecule has 0 aromatic heterocycles. The Morgan fingerprint density at radius 3 is 2.00 bits per heavy atom. The van der Waals surface area contributed by atoms with Crippen molar-refractivity contribution in [1.29, 1.82) is 0 Å². The molecular weight excluding hydrogens is 97.5 g/mol. The van der Waals surface area contributed by atoms with Crippen LogP contribution in [-0.2, 0) is 0 Å². The van der Waals surface area contributed by atoms with Crippen molar-refractivity contribution < 1.29 is 0 Å². The minimum atomic E-state index is -0.0880. The van der Waals surface area contributed by atoms with Gasteiger partial charge in [-0.3, -0.25) is 0 Å². The van der Waals surface area contributed by atoms with E-state index in [9.17, 15) is 0 Å². The van der Waals surface area contributed by atoms with Gasteiger partial charge >= 0.3 is 0 Å². The average molecular weight is 106 g/mol. The summed E-state index contributed by atoms with van der Waals surface area (Å²) >= 11 is 0. The molecule has 6 heavy (non-hydrogen) atoms. The second-order valence-electron chi connectivity index (χ2n) is 0.955. The van der Waals surface area contributed by atoms with Gasteiger partial charge in [-0.05, 0) is 6.92 Å². The van der Waals surface area contributed by atoms with Crippen molar-refractivity contribution in [1.82, 2.24) is 0 Å². The Kier molecular flexibility index (Phi) is 7.42. The first-order chi connectivity index (χ1) is 2.27. The van der Waals surface area contributed by atoms with E-state index in [2.05, 4.69) is 5.92 Å². The second-order valence-corrected chi connectivity index (χ2v) is 0.955. The maximum Gasteiger partial charge on any atom is 0.0633 e. The molecule has 0 rings (SSSR count). The fourth-order valence-electron chi connectivity index (χ4n) is 0. The van der Waals surface area contributed by atoms with Gasteiger partial charge in [-0.1, -0.05) is 5.92 Å². The van der Waals surface area contributed by atoms with Crippen LogP contribution >= 0.6 is 12.4 Å². The summed E-state index contributed by atoms with van der Waals surface area (Å²) in [5.74, 6) is 2.31. The number of hydrogen-bond acceptors (Lipinski definition) is 1. The predicted molar refractivity (Wildman–Crippen MR) is 29.7 cm³/mol. The maximum atomic E-state index is 5.06. The normalized spacial score (nSPS) is 10.8. The highest BCUT2D eigenvalue weighted by Gasteiger charge is 1.73. The van der Waals surface area contributed by atoms with Gasteiger partial charge in [0.15, 0.2) is 0 Å². The first kappa shape index (κ1) is 9.26. The average Bonchev–Trinajstić information content (AvgIpc) is 1.38. The van der Waals surface area contributed by atoms with Gasteiger partial charge in [-0.15, -0.1) is 18.8 Å². The van der Waals surface area contributed by atoms with Crippen molar-refractivity contribution in [3.8, 4) is 12.3 Å². The lowest BCUT2D eigenvalue weighted by Gasteiger charge is -1.82. The van der Waals surface area contributed by atoms with Crippen LogP contribution in [0.25, 0.3) is 0 Å². The van der Waals surface area contributed by atoms with E-state index in [0.29, 0.717) is 0 Å². The van der Waals surface area contributed by atoms with Crippen molar-refractivity contribution in [3.63, 3.8) is 0 Å². The molecule has 0 amide bonds. The molecule has 0 fully saturated rings. The van der Waals surface area contributed by atoms with Crippen molar-refractivity contribution in [2.75, 3.05) is 0 Å². The third kappa shape index (κ3) is 9.18. The van der Waals surface area contributed by atoms with Crippen LogP contribution < -0.4 is 5.73 Å². The highest BCUT2D eigenvalue weighted by atomic mass is 35.5. The Balaban J connectivity index is 0. The van der Waals surface area contributed by atoms with E-state index in [1.165, 1.54) is 0 Å². The summed E-state index contributed by atoms with van der Waals surface area (Å²) in [7, 11) is 0. The molecule has 1 nitrogen and oxygen atoms in total. The minimum absolute atomic E-state index is 0. The highest BCUT2D eigenvalue weighted by molar-refractivity contribution is 5.85. The zero-order chi connectivity index (χ0) is 4.28. The van der Waals surface area contributed by atoms with E-state index in [1.807, 2.05) is 0 Å². The lowest BCUT2D eigenvalue weighted by Crippen LogP contribution is -2.10. The van der Waals surface area contributed by atoms with Gasteiger partial charge in [0.05, 0.1) is 6.04 Å². The van der Waals surface area contributed by atoms with E-state index >= 15 is 0 Å². The topological polar surface area (TPSA) is 26.0 Å². The van der Waals surface area contributed by atoms with Crippen molar-refractivity contribution in [2.24, 2.45) is 5.73 Å². The van der Waals surface area contributed by atoms with Crippen LogP contribution in [0.2, 0.25) is 0 Å². The molecule has 2 heteroatoms. The van der Waals surface area contributed by atoms with Crippen molar-refractivity contribution >= 4 is 12.4 Å². The molecule has 0 aliphatic carbocycles. The monoisotopic (exact) mass is 105 g/mol. The fraction of sp³-hybridized carbons (Fsp3) is 0.500. The molecule has 0 aromatic carbocycles. The maximum absolute atomic E-state index is 5.06. The van der Waals surface area contributed by atoms with E-state index in [-0.39, 0.29) is 18.4 Å². The molecule has 0 aliphatic heterocycles. The van der Waals surface area contributed by atoms with Gasteiger partial charge in [0.1, 0.15) is 0 Å². The van der Waals surface area contributed by atoms with E-state index in [1.54, 1.807) is 6.92 Å². The van der Waals surface area contributed by atoms with Crippen LogP contribution in [0, 0.1) is 12.3 Å². The van der Waals surface area contributed by atoms with E-state index in [0.717, 1.165) is 0 Å². The predicted octanol–water partition coefficient (Wildman–Crippen LogP) is 0.389. The third-order valence-corrected chi connectivity index (χ3v) is 0.263. The van der Waals surface area contributed by atoms with Crippen LogP contribution in [0.15, 0.2) is 0 Å². The molecule has 1 atom stereocenters. The van der Waals surface area contributed by atoms with Gasteiger partial charge in [-0.25, -0.2) is 0 Å². The molecule has 0 aromatic rings. The van der Waals surface area contributed by atoms with Gasteiger partial charge in [0.25, 0.3) is 0 Å². The van der Waals surface area contributed by atoms with Crippen LogP contribution in [0.5, 0.6) is 0 Å². The Hall–Kier alpha value is -0.190. The standard InChI is InChI=1S/C4H7N.ClH/c1-3-4(2)5;/h1,4H,5H2,2H3;1H/t4-;/m1./s1. The third-order valence-electron chi connectivity index (χ3n) is 0.263. The summed E-state index contributed by atoms with van der Waals surface area (Å²) in [4.78, 5) is 0. The molecule has 0 unspecified atom stereocenters. The number of terminal acetylenes is 1. The number of halogens is 1. The van der Waals surface area contributed by atoms with Crippen molar-refractivity contribution in [2.45, 2.75) is 13.0 Å². The molecule has 0 saturated carbocycles. The van der Waals surface area contributed by atoms with Gasteiger partial charge in [-0.2, -0.15) is 0 Å². The van der Waals surface area contributed by atoms with E-state index < -0.39 is 0 Å². The summed E-state index contributed by atoms with van der Waals surface area (Å²) in [6, 6.07) is -0.0880. The van der Waals surface area contributed by atoms with Crippen LogP contribution in [-0.4, -0.2) is 6.04 Å². The molecule has 36 valence electrons. The molecule has 0 bridgehead atoms. The summed E-state index contributed by atoms with van der Waals surface area (Å²) in [5.41, 5.74) is 5.06. The fourth-order valence-corrected chi connectivity index (χ4v) is 0. The van der Waals surface area contributed by atoms with Crippen LogP contribution in [0.4, 0.5) is 0 Å². The molecule has 0 heterocycles. The Labute approximate surface area is 44.3 Å². The Morgan fingerprint density at radius 2 is 2.00 bits per heavy atom. The highest BCUT2D eigenvalue weighted by Crippen LogP contribution is 1.59. The summed E-state index contributed by atoms with van der Waals surface area (Å²) in [5, 5.41) is 0. The molecule has 2 N–H and O–H groups in total. The number of rotatable bonds is 0. The van der Waals surface area contributed by atoms with Gasteiger partial charge in [0.2, 0.25) is 0 Å². The number of nitrogens with two attached hydrogens (primary N) is 1. The second kappa shape index (κ2) is 4.81. The lowest BCUT2D eigenvalue weighted by molar-refractivity contribution is 0.961. The van der Waals surface area contributed by atoms with Crippen LogP contribution in [0.1, 0.15) is 6.92 Å².